The molecule has 3 rings (SSSR count). The lowest BCUT2D eigenvalue weighted by Crippen LogP contribution is -2.36. The number of benzene rings is 1. The second-order valence-electron chi connectivity index (χ2n) is 5.02. The molecule has 2 heterocycles. The van der Waals surface area contributed by atoms with E-state index in [-0.39, 0.29) is 6.10 Å². The van der Waals surface area contributed by atoms with E-state index < -0.39 is 0 Å². The smallest absolute Gasteiger partial charge is 0.152 e. The fourth-order valence-corrected chi connectivity index (χ4v) is 2.37. The second-order valence-corrected chi connectivity index (χ2v) is 5.02. The lowest BCUT2D eigenvalue weighted by Gasteiger charge is -2.28. The molecule has 0 radical (unpaired) electrons. The summed E-state index contributed by atoms with van der Waals surface area (Å²) in [6.45, 7) is 4.94. The van der Waals surface area contributed by atoms with Crippen molar-refractivity contribution in [2.24, 2.45) is 5.16 Å². The Balaban J connectivity index is 1.53. The standard InChI is InChI=1S/C15H20N2O3/c1-3-14(17-6-9-18-10-7-17)4-2-13(1)11-16-20-15-5-8-19-12-15/h1-4,11,15H,5-10,12H2/b16-11+. The topological polar surface area (TPSA) is 43.3 Å². The van der Waals surface area contributed by atoms with E-state index in [2.05, 4.69) is 34.3 Å². The van der Waals surface area contributed by atoms with Crippen LogP contribution in [0.25, 0.3) is 0 Å². The van der Waals surface area contributed by atoms with E-state index in [4.69, 9.17) is 14.3 Å². The molecule has 5 nitrogen and oxygen atoms in total. The van der Waals surface area contributed by atoms with E-state index in [0.29, 0.717) is 6.61 Å². The van der Waals surface area contributed by atoms with Crippen molar-refractivity contribution < 1.29 is 14.3 Å². The molecule has 0 aromatic heterocycles. The highest BCUT2D eigenvalue weighted by Gasteiger charge is 2.16. The molecule has 0 amide bonds. The lowest BCUT2D eigenvalue weighted by atomic mass is 10.2. The number of nitrogens with zero attached hydrogens (tertiary/aromatic N) is 2. The molecular weight excluding hydrogens is 256 g/mol. The van der Waals surface area contributed by atoms with Crippen molar-refractivity contribution in [3.8, 4) is 0 Å². The van der Waals surface area contributed by atoms with Crippen molar-refractivity contribution in [3.63, 3.8) is 0 Å². The van der Waals surface area contributed by atoms with Gasteiger partial charge in [0.2, 0.25) is 0 Å². The summed E-state index contributed by atoms with van der Waals surface area (Å²) < 4.78 is 10.6. The first kappa shape index (κ1) is 13.4. The van der Waals surface area contributed by atoms with Crippen molar-refractivity contribution in [3.05, 3.63) is 29.8 Å². The maximum atomic E-state index is 5.37. The molecule has 1 aromatic carbocycles. The van der Waals surface area contributed by atoms with Crippen LogP contribution in [0.4, 0.5) is 5.69 Å². The van der Waals surface area contributed by atoms with Crippen LogP contribution in [-0.4, -0.2) is 51.8 Å². The van der Waals surface area contributed by atoms with Gasteiger partial charge in [0.1, 0.15) is 0 Å². The molecule has 0 bridgehead atoms. The summed E-state index contributed by atoms with van der Waals surface area (Å²) in [6.07, 6.45) is 2.79. The van der Waals surface area contributed by atoms with Gasteiger partial charge in [-0.3, -0.25) is 0 Å². The first-order chi connectivity index (χ1) is 9.92. The van der Waals surface area contributed by atoms with E-state index >= 15 is 0 Å². The van der Waals surface area contributed by atoms with Crippen molar-refractivity contribution in [2.75, 3.05) is 44.4 Å². The van der Waals surface area contributed by atoms with Gasteiger partial charge in [0.05, 0.1) is 32.6 Å². The van der Waals surface area contributed by atoms with Gasteiger partial charge < -0.3 is 19.2 Å². The minimum Gasteiger partial charge on any atom is -0.390 e. The average molecular weight is 276 g/mol. The van der Waals surface area contributed by atoms with Crippen LogP contribution in [0.15, 0.2) is 29.4 Å². The Morgan fingerprint density at radius 3 is 2.60 bits per heavy atom. The Bertz CT molecular complexity index is 435. The zero-order valence-corrected chi connectivity index (χ0v) is 11.5. The van der Waals surface area contributed by atoms with Crippen LogP contribution in [0.5, 0.6) is 0 Å². The van der Waals surface area contributed by atoms with Gasteiger partial charge >= 0.3 is 0 Å². The van der Waals surface area contributed by atoms with Gasteiger partial charge in [0.25, 0.3) is 0 Å². The summed E-state index contributed by atoms with van der Waals surface area (Å²) in [7, 11) is 0. The minimum absolute atomic E-state index is 0.110. The second kappa shape index (κ2) is 6.72. The fraction of sp³-hybridized carbons (Fsp3) is 0.533. The monoisotopic (exact) mass is 276 g/mol. The summed E-state index contributed by atoms with van der Waals surface area (Å²) >= 11 is 0. The Labute approximate surface area is 119 Å². The van der Waals surface area contributed by atoms with E-state index in [0.717, 1.165) is 44.9 Å². The summed E-state index contributed by atoms with van der Waals surface area (Å²) in [4.78, 5) is 7.70. The molecule has 20 heavy (non-hydrogen) atoms. The van der Waals surface area contributed by atoms with Crippen LogP contribution < -0.4 is 4.90 Å². The molecule has 0 saturated carbocycles. The molecule has 5 heteroatoms. The van der Waals surface area contributed by atoms with E-state index in [9.17, 15) is 0 Å². The van der Waals surface area contributed by atoms with E-state index in [1.807, 2.05) is 0 Å². The average Bonchev–Trinajstić information content (AvgIpc) is 3.02. The van der Waals surface area contributed by atoms with Gasteiger partial charge in [-0.2, -0.15) is 0 Å². The molecule has 2 saturated heterocycles. The minimum atomic E-state index is 0.110. The molecule has 0 spiro atoms. The van der Waals surface area contributed by atoms with Gasteiger partial charge in [0.15, 0.2) is 6.10 Å². The Kier molecular flexibility index (Phi) is 4.50. The van der Waals surface area contributed by atoms with Crippen molar-refractivity contribution >= 4 is 11.9 Å². The van der Waals surface area contributed by atoms with Crippen LogP contribution in [0.3, 0.4) is 0 Å². The number of rotatable bonds is 4. The van der Waals surface area contributed by atoms with Gasteiger partial charge in [0, 0.05) is 25.2 Å². The SMILES string of the molecule is C(=N\OC1CCOC1)/c1ccc(N2CCOCC2)cc1. The number of morpholine rings is 1. The summed E-state index contributed by atoms with van der Waals surface area (Å²) in [6, 6.07) is 8.35. The van der Waals surface area contributed by atoms with Crippen molar-refractivity contribution in [2.45, 2.75) is 12.5 Å². The third-order valence-corrected chi connectivity index (χ3v) is 3.57. The molecule has 1 unspecified atom stereocenters. The number of ether oxygens (including phenoxy) is 2. The van der Waals surface area contributed by atoms with Crippen molar-refractivity contribution in [1.29, 1.82) is 0 Å². The van der Waals surface area contributed by atoms with Gasteiger partial charge in [-0.05, 0) is 17.7 Å². The Hall–Kier alpha value is -1.59. The molecule has 1 atom stereocenters. The maximum absolute atomic E-state index is 5.37. The maximum Gasteiger partial charge on any atom is 0.152 e. The largest absolute Gasteiger partial charge is 0.390 e. The Morgan fingerprint density at radius 1 is 1.10 bits per heavy atom. The van der Waals surface area contributed by atoms with Gasteiger partial charge in [-0.1, -0.05) is 17.3 Å². The third kappa shape index (κ3) is 3.49. The summed E-state index contributed by atoms with van der Waals surface area (Å²) in [5, 5.41) is 4.03. The van der Waals surface area contributed by atoms with E-state index in [1.54, 1.807) is 6.21 Å². The molecule has 0 N–H and O–H groups in total. The predicted molar refractivity (Wildman–Crippen MR) is 77.4 cm³/mol. The zero-order valence-electron chi connectivity index (χ0n) is 11.5. The lowest BCUT2D eigenvalue weighted by molar-refractivity contribution is 0.0485. The summed E-state index contributed by atoms with van der Waals surface area (Å²) in [5.74, 6) is 0. The quantitative estimate of drug-likeness (QED) is 0.619. The highest BCUT2D eigenvalue weighted by molar-refractivity contribution is 5.79. The number of oxime groups is 1. The van der Waals surface area contributed by atoms with Crippen LogP contribution in [-0.2, 0) is 14.3 Å². The molecular formula is C15H20N2O3. The highest BCUT2D eigenvalue weighted by Crippen LogP contribution is 2.16. The van der Waals surface area contributed by atoms with Crippen LogP contribution in [0.1, 0.15) is 12.0 Å². The normalized spacial score (nSPS) is 23.4. The van der Waals surface area contributed by atoms with Crippen LogP contribution in [0, 0.1) is 0 Å². The highest BCUT2D eigenvalue weighted by atomic mass is 16.7. The van der Waals surface area contributed by atoms with Crippen LogP contribution in [0.2, 0.25) is 0 Å². The molecule has 2 aliphatic rings. The molecule has 0 aliphatic carbocycles. The fourth-order valence-electron chi connectivity index (χ4n) is 2.37. The van der Waals surface area contributed by atoms with Gasteiger partial charge in [-0.25, -0.2) is 0 Å². The first-order valence-corrected chi connectivity index (χ1v) is 7.11. The third-order valence-electron chi connectivity index (χ3n) is 3.57. The number of hydrogen-bond donors (Lipinski definition) is 0. The molecule has 2 aliphatic heterocycles. The molecule has 1 aromatic rings. The number of anilines is 1. The molecule has 2 fully saturated rings. The summed E-state index contributed by atoms with van der Waals surface area (Å²) in [5.41, 5.74) is 2.27. The Morgan fingerprint density at radius 2 is 1.90 bits per heavy atom. The van der Waals surface area contributed by atoms with Crippen LogP contribution >= 0.6 is 0 Å². The molecule has 108 valence electrons. The van der Waals surface area contributed by atoms with E-state index in [1.165, 1.54) is 5.69 Å². The van der Waals surface area contributed by atoms with Gasteiger partial charge in [-0.15, -0.1) is 0 Å². The van der Waals surface area contributed by atoms with Crippen molar-refractivity contribution in [1.82, 2.24) is 0 Å². The zero-order chi connectivity index (χ0) is 13.6. The number of hydrogen-bond acceptors (Lipinski definition) is 5. The predicted octanol–water partition coefficient (Wildman–Crippen LogP) is 1.66. The first-order valence-electron chi connectivity index (χ1n) is 7.11.